The number of nitrogens with one attached hydrogen (secondary N) is 1. The second-order valence-corrected chi connectivity index (χ2v) is 6.76. The standard InChI is InChI=1S/C18H18F3N3O2/c1-26-16(25)12-4-2-3-10-8-24(9-13(10)12)17-22-14-6-5-11(18(19,20)21)7-15(14)23-17/h2-4,11H,5-9H2,1H3,(H,22,23). The molecule has 1 aliphatic carbocycles. The molecule has 2 aromatic rings. The van der Waals surface area contributed by atoms with Crippen LogP contribution < -0.4 is 4.90 Å². The Morgan fingerprint density at radius 1 is 1.35 bits per heavy atom. The van der Waals surface area contributed by atoms with E-state index in [0.29, 0.717) is 42.4 Å². The van der Waals surface area contributed by atoms with E-state index in [1.165, 1.54) is 7.11 Å². The van der Waals surface area contributed by atoms with Crippen molar-refractivity contribution in [3.8, 4) is 0 Å². The summed E-state index contributed by atoms with van der Waals surface area (Å²) in [7, 11) is 1.34. The van der Waals surface area contributed by atoms with Crippen molar-refractivity contribution in [2.75, 3.05) is 12.0 Å². The van der Waals surface area contributed by atoms with Crippen LogP contribution in [0.2, 0.25) is 0 Å². The molecule has 1 aliphatic heterocycles. The van der Waals surface area contributed by atoms with Crippen molar-refractivity contribution in [2.45, 2.75) is 38.5 Å². The summed E-state index contributed by atoms with van der Waals surface area (Å²) in [5.41, 5.74) is 3.67. The molecule has 138 valence electrons. The van der Waals surface area contributed by atoms with E-state index in [2.05, 4.69) is 9.97 Å². The number of aromatic nitrogens is 2. The number of aryl methyl sites for hydroxylation is 1. The molecule has 1 unspecified atom stereocenters. The molecular formula is C18H18F3N3O2. The van der Waals surface area contributed by atoms with E-state index >= 15 is 0 Å². The molecule has 0 bridgehead atoms. The second kappa shape index (κ2) is 6.03. The minimum Gasteiger partial charge on any atom is -0.465 e. The van der Waals surface area contributed by atoms with Crippen LogP contribution in [0.1, 0.15) is 39.3 Å². The van der Waals surface area contributed by atoms with Gasteiger partial charge in [-0.15, -0.1) is 0 Å². The summed E-state index contributed by atoms with van der Waals surface area (Å²) in [6, 6.07) is 5.45. The van der Waals surface area contributed by atoms with Gasteiger partial charge in [-0.2, -0.15) is 13.2 Å². The normalized spacial score (nSPS) is 19.2. The van der Waals surface area contributed by atoms with Crippen LogP contribution in [0.5, 0.6) is 0 Å². The maximum Gasteiger partial charge on any atom is 0.392 e. The molecule has 2 heterocycles. The molecule has 1 N–H and O–H groups in total. The van der Waals surface area contributed by atoms with Crippen LogP contribution in [-0.2, 0) is 30.7 Å². The number of benzene rings is 1. The van der Waals surface area contributed by atoms with Gasteiger partial charge in [-0.05, 0) is 30.0 Å². The van der Waals surface area contributed by atoms with Gasteiger partial charge in [0.1, 0.15) is 0 Å². The van der Waals surface area contributed by atoms with Gasteiger partial charge in [0.2, 0.25) is 5.95 Å². The number of fused-ring (bicyclic) bond motifs is 2. The summed E-state index contributed by atoms with van der Waals surface area (Å²) in [4.78, 5) is 21.5. The molecule has 0 spiro atoms. The number of aromatic amines is 1. The average molecular weight is 365 g/mol. The van der Waals surface area contributed by atoms with Gasteiger partial charge in [0, 0.05) is 25.2 Å². The highest BCUT2D eigenvalue weighted by Crippen LogP contribution is 2.38. The smallest absolute Gasteiger partial charge is 0.392 e. The van der Waals surface area contributed by atoms with Gasteiger partial charge < -0.3 is 14.6 Å². The molecule has 1 aromatic carbocycles. The highest BCUT2D eigenvalue weighted by Gasteiger charge is 2.42. The number of H-pyrrole nitrogens is 1. The Balaban J connectivity index is 1.58. The number of methoxy groups -OCH3 is 1. The minimum absolute atomic E-state index is 0.0555. The van der Waals surface area contributed by atoms with Crippen LogP contribution >= 0.6 is 0 Å². The Morgan fingerprint density at radius 2 is 2.15 bits per heavy atom. The van der Waals surface area contributed by atoms with Crippen molar-refractivity contribution in [3.05, 3.63) is 46.3 Å². The number of ether oxygens (including phenoxy) is 1. The predicted octanol–water partition coefficient (Wildman–Crippen LogP) is 3.38. The number of rotatable bonds is 2. The molecule has 1 atom stereocenters. The summed E-state index contributed by atoms with van der Waals surface area (Å²) in [6.45, 7) is 1.02. The summed E-state index contributed by atoms with van der Waals surface area (Å²) in [5.74, 6) is -1.15. The molecule has 8 heteroatoms. The second-order valence-electron chi connectivity index (χ2n) is 6.76. The van der Waals surface area contributed by atoms with Gasteiger partial charge in [-0.3, -0.25) is 0 Å². The zero-order chi connectivity index (χ0) is 18.5. The molecular weight excluding hydrogens is 347 g/mol. The highest BCUT2D eigenvalue weighted by molar-refractivity contribution is 5.91. The van der Waals surface area contributed by atoms with Crippen LogP contribution in [0.15, 0.2) is 18.2 Å². The molecule has 1 aromatic heterocycles. The van der Waals surface area contributed by atoms with Crippen LogP contribution in [-0.4, -0.2) is 29.2 Å². The lowest BCUT2D eigenvalue weighted by Gasteiger charge is -2.23. The third kappa shape index (κ3) is 2.83. The maximum atomic E-state index is 13.0. The largest absolute Gasteiger partial charge is 0.465 e. The first-order chi connectivity index (χ1) is 12.4. The van der Waals surface area contributed by atoms with Crippen LogP contribution in [0.4, 0.5) is 19.1 Å². The lowest BCUT2D eigenvalue weighted by molar-refractivity contribution is -0.177. The number of esters is 1. The molecule has 5 nitrogen and oxygen atoms in total. The Labute approximate surface area is 148 Å². The Hall–Kier alpha value is -2.51. The predicted molar refractivity (Wildman–Crippen MR) is 87.8 cm³/mol. The number of anilines is 1. The van der Waals surface area contributed by atoms with E-state index in [1.807, 2.05) is 11.0 Å². The number of hydrogen-bond acceptors (Lipinski definition) is 4. The van der Waals surface area contributed by atoms with E-state index < -0.39 is 18.1 Å². The SMILES string of the molecule is COC(=O)c1cccc2c1CN(c1nc3c([nH]1)CC(C(F)(F)F)CC3)C2. The van der Waals surface area contributed by atoms with E-state index in [0.717, 1.165) is 11.1 Å². The van der Waals surface area contributed by atoms with E-state index in [4.69, 9.17) is 4.74 Å². The van der Waals surface area contributed by atoms with Crippen LogP contribution in [0, 0.1) is 5.92 Å². The lowest BCUT2D eigenvalue weighted by Crippen LogP contribution is -2.28. The first kappa shape index (κ1) is 16.9. The quantitative estimate of drug-likeness (QED) is 0.829. The van der Waals surface area contributed by atoms with Crippen molar-refractivity contribution in [1.29, 1.82) is 0 Å². The van der Waals surface area contributed by atoms with Gasteiger partial charge in [0.05, 0.1) is 24.3 Å². The fourth-order valence-corrected chi connectivity index (χ4v) is 3.77. The van der Waals surface area contributed by atoms with Crippen molar-refractivity contribution in [2.24, 2.45) is 5.92 Å². The molecule has 0 radical (unpaired) electrons. The van der Waals surface area contributed by atoms with Crippen molar-refractivity contribution >= 4 is 11.9 Å². The third-order valence-corrected chi connectivity index (χ3v) is 5.18. The molecule has 2 aliphatic rings. The molecule has 0 amide bonds. The number of nitrogens with zero attached hydrogens (tertiary/aromatic N) is 2. The molecule has 0 saturated carbocycles. The number of carbonyl (C=O) groups is 1. The van der Waals surface area contributed by atoms with E-state index in [9.17, 15) is 18.0 Å². The first-order valence-electron chi connectivity index (χ1n) is 8.45. The fourth-order valence-electron chi connectivity index (χ4n) is 3.77. The Morgan fingerprint density at radius 3 is 2.88 bits per heavy atom. The highest BCUT2D eigenvalue weighted by atomic mass is 19.4. The van der Waals surface area contributed by atoms with Gasteiger partial charge >= 0.3 is 12.1 Å². The average Bonchev–Trinajstić information content (AvgIpc) is 3.22. The molecule has 0 fully saturated rings. The summed E-state index contributed by atoms with van der Waals surface area (Å²) in [5, 5.41) is 0. The van der Waals surface area contributed by atoms with Gasteiger partial charge in [0.25, 0.3) is 0 Å². The zero-order valence-corrected chi connectivity index (χ0v) is 14.2. The van der Waals surface area contributed by atoms with Crippen molar-refractivity contribution < 1.29 is 22.7 Å². The van der Waals surface area contributed by atoms with Crippen molar-refractivity contribution in [1.82, 2.24) is 9.97 Å². The molecule has 4 rings (SSSR count). The van der Waals surface area contributed by atoms with Crippen LogP contribution in [0.3, 0.4) is 0 Å². The van der Waals surface area contributed by atoms with E-state index in [1.54, 1.807) is 12.1 Å². The van der Waals surface area contributed by atoms with E-state index in [-0.39, 0.29) is 12.8 Å². The molecule has 26 heavy (non-hydrogen) atoms. The number of halogens is 3. The number of imidazole rings is 1. The lowest BCUT2D eigenvalue weighted by atomic mass is 9.89. The van der Waals surface area contributed by atoms with Crippen LogP contribution in [0.25, 0.3) is 0 Å². The topological polar surface area (TPSA) is 58.2 Å². The van der Waals surface area contributed by atoms with Gasteiger partial charge in [-0.1, -0.05) is 12.1 Å². The zero-order valence-electron chi connectivity index (χ0n) is 14.2. The van der Waals surface area contributed by atoms with Gasteiger partial charge in [-0.25, -0.2) is 9.78 Å². The van der Waals surface area contributed by atoms with Crippen molar-refractivity contribution in [3.63, 3.8) is 0 Å². The molecule has 0 saturated heterocycles. The summed E-state index contributed by atoms with van der Waals surface area (Å²) < 4.78 is 43.8. The fraction of sp³-hybridized carbons (Fsp3) is 0.444. The summed E-state index contributed by atoms with van der Waals surface area (Å²) in [6.07, 6.45) is -3.83. The maximum absolute atomic E-state index is 13.0. The first-order valence-corrected chi connectivity index (χ1v) is 8.45. The van der Waals surface area contributed by atoms with Gasteiger partial charge in [0.15, 0.2) is 0 Å². The number of alkyl halides is 3. The monoisotopic (exact) mass is 365 g/mol. The summed E-state index contributed by atoms with van der Waals surface area (Å²) >= 11 is 0. The number of carbonyl (C=O) groups excluding carboxylic acids is 1. The third-order valence-electron chi connectivity index (χ3n) is 5.18. The Kier molecular flexibility index (Phi) is 3.93. The minimum atomic E-state index is -4.18. The Bertz CT molecular complexity index is 860. The number of hydrogen-bond donors (Lipinski definition) is 1.